The average molecular weight is 442 g/mol. The van der Waals surface area contributed by atoms with Gasteiger partial charge in [0.2, 0.25) is 0 Å². The van der Waals surface area contributed by atoms with Gasteiger partial charge in [0.25, 0.3) is 5.91 Å². The van der Waals surface area contributed by atoms with Gasteiger partial charge in [-0.25, -0.2) is 4.79 Å². The maximum atomic E-state index is 12.1. The van der Waals surface area contributed by atoms with Gasteiger partial charge in [0.1, 0.15) is 5.71 Å². The second kappa shape index (κ2) is 12.9. The van der Waals surface area contributed by atoms with Crippen molar-refractivity contribution >= 4 is 29.7 Å². The van der Waals surface area contributed by atoms with Crippen molar-refractivity contribution < 1.29 is 34.2 Å². The summed E-state index contributed by atoms with van der Waals surface area (Å²) in [7, 11) is 0. The van der Waals surface area contributed by atoms with Gasteiger partial charge in [0.05, 0.1) is 6.42 Å². The van der Waals surface area contributed by atoms with Crippen LogP contribution in [0.4, 0.5) is 4.79 Å². The molecule has 1 atom stereocenters. The summed E-state index contributed by atoms with van der Waals surface area (Å²) in [5.41, 5.74) is -0.568. The zero-order chi connectivity index (χ0) is 23.4. The molecule has 1 aliphatic rings. The number of carbonyl (C=O) groups excluding carboxylic acids is 2. The molecule has 0 spiro atoms. The lowest BCUT2D eigenvalue weighted by atomic mass is 9.72. The van der Waals surface area contributed by atoms with Crippen molar-refractivity contribution in [3.63, 3.8) is 0 Å². The molecule has 0 heterocycles. The van der Waals surface area contributed by atoms with E-state index in [0.717, 1.165) is 32.1 Å². The first-order chi connectivity index (χ1) is 14.5. The lowest BCUT2D eigenvalue weighted by molar-refractivity contribution is -0.140. The number of hydrogen-bond donors (Lipinski definition) is 4. The van der Waals surface area contributed by atoms with E-state index in [0.29, 0.717) is 6.42 Å². The normalized spacial score (nSPS) is 17.0. The van der Waals surface area contributed by atoms with Crippen LogP contribution in [0.25, 0.3) is 0 Å². The van der Waals surface area contributed by atoms with Crippen LogP contribution in [-0.2, 0) is 19.2 Å². The van der Waals surface area contributed by atoms with Gasteiger partial charge < -0.3 is 20.8 Å². The van der Waals surface area contributed by atoms with Crippen molar-refractivity contribution in [2.45, 2.75) is 72.1 Å². The number of nitrogens with one attached hydrogen (secondary N) is 2. The van der Waals surface area contributed by atoms with E-state index < -0.39 is 29.4 Å². The quantitative estimate of drug-likeness (QED) is 0.206. The van der Waals surface area contributed by atoms with E-state index in [1.54, 1.807) is 0 Å². The largest absolute Gasteiger partial charge is 0.481 e. The Kier molecular flexibility index (Phi) is 11.0. The Morgan fingerprint density at radius 3 is 2.23 bits per heavy atom. The highest BCUT2D eigenvalue weighted by atomic mass is 16.7. The SMILES string of the molecule is CC(=NOC(=O)NCC1(CC(=O)O)CCCCC1)C(=O)NC[C@H](CC(=O)O)CC(C)C. The first kappa shape index (κ1) is 26.4. The Bertz CT molecular complexity index is 670. The second-order valence-corrected chi connectivity index (χ2v) is 8.84. The number of carboxylic acid groups (broad SMARTS) is 2. The van der Waals surface area contributed by atoms with Gasteiger partial charge in [-0.15, -0.1) is 0 Å². The van der Waals surface area contributed by atoms with Crippen molar-refractivity contribution in [2.75, 3.05) is 13.1 Å². The second-order valence-electron chi connectivity index (χ2n) is 8.84. The third kappa shape index (κ3) is 10.8. The molecule has 0 aromatic carbocycles. The average Bonchev–Trinajstić information content (AvgIpc) is 2.67. The lowest BCUT2D eigenvalue weighted by Gasteiger charge is -2.35. The molecule has 31 heavy (non-hydrogen) atoms. The third-order valence-corrected chi connectivity index (χ3v) is 5.46. The highest BCUT2D eigenvalue weighted by molar-refractivity contribution is 6.37. The first-order valence-corrected chi connectivity index (χ1v) is 10.7. The fourth-order valence-corrected chi connectivity index (χ4v) is 4.00. The smallest absolute Gasteiger partial charge is 0.433 e. The minimum Gasteiger partial charge on any atom is -0.481 e. The molecule has 0 saturated heterocycles. The van der Waals surface area contributed by atoms with E-state index in [4.69, 9.17) is 9.94 Å². The van der Waals surface area contributed by atoms with E-state index in [-0.39, 0.29) is 43.5 Å². The predicted octanol–water partition coefficient (Wildman–Crippen LogP) is 2.77. The molecule has 1 fully saturated rings. The van der Waals surface area contributed by atoms with E-state index >= 15 is 0 Å². The zero-order valence-corrected chi connectivity index (χ0v) is 18.6. The minimum absolute atomic E-state index is 0.0220. The lowest BCUT2D eigenvalue weighted by Crippen LogP contribution is -2.40. The molecule has 0 unspecified atom stereocenters. The number of oxime groups is 1. The molecule has 0 aliphatic heterocycles. The molecular formula is C21H35N3O7. The summed E-state index contributed by atoms with van der Waals surface area (Å²) in [6.45, 7) is 5.68. The van der Waals surface area contributed by atoms with Gasteiger partial charge in [0.15, 0.2) is 0 Å². The highest BCUT2D eigenvalue weighted by Gasteiger charge is 2.35. The number of rotatable bonds is 12. The van der Waals surface area contributed by atoms with E-state index in [1.807, 2.05) is 13.8 Å². The van der Waals surface area contributed by atoms with Gasteiger partial charge in [-0.3, -0.25) is 19.2 Å². The Labute approximate surface area is 182 Å². The third-order valence-electron chi connectivity index (χ3n) is 5.46. The standard InChI is InChI=1S/C21H35N3O7/c1-14(2)9-16(10-17(25)26)12-22-19(29)15(3)24-31-20(30)23-13-21(11-18(27)28)7-5-4-6-8-21/h14,16H,4-13H2,1-3H3,(H,22,29)(H,23,30)(H,25,26)(H,27,28)/t16-/m0/s1. The summed E-state index contributed by atoms with van der Waals surface area (Å²) in [4.78, 5) is 51.0. The molecule has 0 aromatic heterocycles. The van der Waals surface area contributed by atoms with Gasteiger partial charge in [-0.2, -0.15) is 0 Å². The zero-order valence-electron chi connectivity index (χ0n) is 18.6. The van der Waals surface area contributed by atoms with Crippen LogP contribution in [0.15, 0.2) is 5.16 Å². The summed E-state index contributed by atoms with van der Waals surface area (Å²) in [5, 5.41) is 26.9. The van der Waals surface area contributed by atoms with Gasteiger partial charge >= 0.3 is 18.0 Å². The number of aliphatic carboxylic acids is 2. The molecule has 2 amide bonds. The number of nitrogens with zero attached hydrogens (tertiary/aromatic N) is 1. The van der Waals surface area contributed by atoms with E-state index in [1.165, 1.54) is 6.92 Å². The van der Waals surface area contributed by atoms with Crippen LogP contribution in [0.5, 0.6) is 0 Å². The fraction of sp³-hybridized carbons (Fsp3) is 0.762. The van der Waals surface area contributed by atoms with Crippen LogP contribution in [0, 0.1) is 17.3 Å². The Morgan fingerprint density at radius 2 is 1.68 bits per heavy atom. The van der Waals surface area contributed by atoms with Crippen molar-refractivity contribution in [1.82, 2.24) is 10.6 Å². The summed E-state index contributed by atoms with van der Waals surface area (Å²) >= 11 is 0. The van der Waals surface area contributed by atoms with Gasteiger partial charge in [0, 0.05) is 19.5 Å². The molecule has 1 rings (SSSR count). The first-order valence-electron chi connectivity index (χ1n) is 10.7. The predicted molar refractivity (Wildman–Crippen MR) is 114 cm³/mol. The molecule has 0 aromatic rings. The monoisotopic (exact) mass is 441 g/mol. The Hall–Kier alpha value is -2.65. The van der Waals surface area contributed by atoms with Crippen LogP contribution >= 0.6 is 0 Å². The maximum absolute atomic E-state index is 12.1. The molecule has 176 valence electrons. The number of hydrogen-bond acceptors (Lipinski definition) is 6. The highest BCUT2D eigenvalue weighted by Crippen LogP contribution is 2.38. The van der Waals surface area contributed by atoms with Crippen LogP contribution < -0.4 is 10.6 Å². The summed E-state index contributed by atoms with van der Waals surface area (Å²) in [5.74, 6) is -2.30. The molecular weight excluding hydrogens is 406 g/mol. The fourth-order valence-electron chi connectivity index (χ4n) is 4.00. The van der Waals surface area contributed by atoms with Gasteiger partial charge in [-0.1, -0.05) is 38.3 Å². The molecule has 10 nitrogen and oxygen atoms in total. The molecule has 1 saturated carbocycles. The van der Waals surface area contributed by atoms with Crippen molar-refractivity contribution in [2.24, 2.45) is 22.4 Å². The van der Waals surface area contributed by atoms with E-state index in [2.05, 4.69) is 15.8 Å². The number of carboxylic acids is 2. The molecule has 0 bridgehead atoms. The Balaban J connectivity index is 2.51. The van der Waals surface area contributed by atoms with Crippen LogP contribution in [-0.4, -0.2) is 53.0 Å². The topological polar surface area (TPSA) is 154 Å². The van der Waals surface area contributed by atoms with Crippen LogP contribution in [0.1, 0.15) is 72.1 Å². The Morgan fingerprint density at radius 1 is 1.03 bits per heavy atom. The van der Waals surface area contributed by atoms with Crippen molar-refractivity contribution in [1.29, 1.82) is 0 Å². The molecule has 0 radical (unpaired) electrons. The molecule has 4 N–H and O–H groups in total. The van der Waals surface area contributed by atoms with Crippen molar-refractivity contribution in [3.05, 3.63) is 0 Å². The van der Waals surface area contributed by atoms with Crippen LogP contribution in [0.3, 0.4) is 0 Å². The van der Waals surface area contributed by atoms with Crippen LogP contribution in [0.2, 0.25) is 0 Å². The summed E-state index contributed by atoms with van der Waals surface area (Å²) in [6, 6.07) is 0. The molecule has 10 heteroatoms. The summed E-state index contributed by atoms with van der Waals surface area (Å²) in [6.07, 6.45) is 4.05. The van der Waals surface area contributed by atoms with Gasteiger partial charge in [-0.05, 0) is 43.4 Å². The number of carbonyl (C=O) groups is 4. The number of amides is 2. The molecule has 1 aliphatic carbocycles. The van der Waals surface area contributed by atoms with E-state index in [9.17, 15) is 24.3 Å². The minimum atomic E-state index is -0.927. The summed E-state index contributed by atoms with van der Waals surface area (Å²) < 4.78 is 0. The van der Waals surface area contributed by atoms with Crippen molar-refractivity contribution in [3.8, 4) is 0 Å². The maximum Gasteiger partial charge on any atom is 0.433 e.